The number of rotatable bonds is 7. The molecule has 3 heteroatoms. The second-order valence-electron chi connectivity index (χ2n) is 4.55. The molecule has 0 radical (unpaired) electrons. The van der Waals surface area contributed by atoms with Gasteiger partial charge in [-0.1, -0.05) is 39.0 Å². The van der Waals surface area contributed by atoms with Crippen LogP contribution < -0.4 is 0 Å². The van der Waals surface area contributed by atoms with Gasteiger partial charge in [-0.2, -0.15) is 0 Å². The van der Waals surface area contributed by atoms with Crippen LogP contribution in [0.4, 0.5) is 0 Å². The SMILES string of the molecule is CCCCCCCCC(=O)N1CCCCO1. The molecule has 1 aliphatic rings. The lowest BCUT2D eigenvalue weighted by Gasteiger charge is -2.25. The molecule has 0 atom stereocenters. The monoisotopic (exact) mass is 227 g/mol. The van der Waals surface area contributed by atoms with Crippen molar-refractivity contribution in [3.05, 3.63) is 0 Å². The van der Waals surface area contributed by atoms with Crippen LogP contribution in [0, 0.1) is 0 Å². The van der Waals surface area contributed by atoms with Gasteiger partial charge in [0.2, 0.25) is 5.91 Å². The molecule has 1 aliphatic heterocycles. The molecule has 16 heavy (non-hydrogen) atoms. The highest BCUT2D eigenvalue weighted by atomic mass is 16.7. The Kier molecular flexibility index (Phi) is 7.23. The van der Waals surface area contributed by atoms with Crippen molar-refractivity contribution in [3.63, 3.8) is 0 Å². The van der Waals surface area contributed by atoms with Gasteiger partial charge in [0.25, 0.3) is 0 Å². The molecule has 0 aromatic carbocycles. The molecule has 0 bridgehead atoms. The van der Waals surface area contributed by atoms with Gasteiger partial charge in [-0.15, -0.1) is 0 Å². The van der Waals surface area contributed by atoms with Gasteiger partial charge in [-0.3, -0.25) is 9.63 Å². The first-order valence-electron chi connectivity index (χ1n) is 6.78. The van der Waals surface area contributed by atoms with E-state index < -0.39 is 0 Å². The van der Waals surface area contributed by atoms with Gasteiger partial charge in [-0.05, 0) is 19.3 Å². The summed E-state index contributed by atoms with van der Waals surface area (Å²) in [5.74, 6) is 0.176. The zero-order chi connectivity index (χ0) is 11.6. The van der Waals surface area contributed by atoms with E-state index >= 15 is 0 Å². The van der Waals surface area contributed by atoms with E-state index in [1.807, 2.05) is 0 Å². The number of nitrogens with zero attached hydrogens (tertiary/aromatic N) is 1. The molecule has 0 spiro atoms. The van der Waals surface area contributed by atoms with Crippen molar-refractivity contribution >= 4 is 5.91 Å². The molecular weight excluding hydrogens is 202 g/mol. The van der Waals surface area contributed by atoms with Crippen molar-refractivity contribution in [1.82, 2.24) is 5.06 Å². The van der Waals surface area contributed by atoms with Crippen molar-refractivity contribution in [2.24, 2.45) is 0 Å². The Morgan fingerprint density at radius 1 is 1.12 bits per heavy atom. The summed E-state index contributed by atoms with van der Waals surface area (Å²) in [6.45, 7) is 3.72. The summed E-state index contributed by atoms with van der Waals surface area (Å²) in [5.41, 5.74) is 0. The zero-order valence-electron chi connectivity index (χ0n) is 10.5. The molecule has 0 unspecified atom stereocenters. The lowest BCUT2D eigenvalue weighted by molar-refractivity contribution is -0.197. The summed E-state index contributed by atoms with van der Waals surface area (Å²) in [4.78, 5) is 17.0. The molecule has 1 heterocycles. The van der Waals surface area contributed by atoms with E-state index in [0.29, 0.717) is 13.0 Å². The number of hydroxylamine groups is 2. The highest BCUT2D eigenvalue weighted by Crippen LogP contribution is 2.11. The van der Waals surface area contributed by atoms with E-state index in [-0.39, 0.29) is 5.91 Å². The number of carbonyl (C=O) groups excluding carboxylic acids is 1. The molecule has 1 saturated heterocycles. The fraction of sp³-hybridized carbons (Fsp3) is 0.923. The smallest absolute Gasteiger partial charge is 0.246 e. The standard InChI is InChI=1S/C13H25NO2/c1-2-3-4-5-6-7-10-13(15)14-11-8-9-12-16-14/h2-12H2,1H3. The van der Waals surface area contributed by atoms with Gasteiger partial charge in [-0.25, -0.2) is 5.06 Å². The van der Waals surface area contributed by atoms with Crippen LogP contribution in [0.15, 0.2) is 0 Å². The van der Waals surface area contributed by atoms with Crippen molar-refractivity contribution in [2.45, 2.75) is 64.7 Å². The number of carbonyl (C=O) groups is 1. The molecule has 1 fully saturated rings. The molecule has 0 aromatic rings. The van der Waals surface area contributed by atoms with Crippen molar-refractivity contribution in [2.75, 3.05) is 13.2 Å². The summed E-state index contributed by atoms with van der Waals surface area (Å²) in [5, 5.41) is 1.57. The van der Waals surface area contributed by atoms with E-state index in [4.69, 9.17) is 4.84 Å². The topological polar surface area (TPSA) is 29.5 Å². The van der Waals surface area contributed by atoms with Crippen molar-refractivity contribution in [3.8, 4) is 0 Å². The molecule has 0 saturated carbocycles. The Bertz CT molecular complexity index is 188. The summed E-state index contributed by atoms with van der Waals surface area (Å²) in [6, 6.07) is 0. The number of unbranched alkanes of at least 4 members (excludes halogenated alkanes) is 5. The van der Waals surface area contributed by atoms with Crippen LogP contribution in [0.25, 0.3) is 0 Å². The van der Waals surface area contributed by atoms with Gasteiger partial charge in [0.15, 0.2) is 0 Å². The second kappa shape index (κ2) is 8.57. The average molecular weight is 227 g/mol. The zero-order valence-corrected chi connectivity index (χ0v) is 10.5. The lowest BCUT2D eigenvalue weighted by atomic mass is 10.1. The predicted molar refractivity (Wildman–Crippen MR) is 64.9 cm³/mol. The molecule has 0 aromatic heterocycles. The number of hydrogen-bond acceptors (Lipinski definition) is 2. The maximum atomic E-state index is 11.7. The summed E-state index contributed by atoms with van der Waals surface area (Å²) >= 11 is 0. The third-order valence-electron chi connectivity index (χ3n) is 3.03. The molecule has 0 N–H and O–H groups in total. The quantitative estimate of drug-likeness (QED) is 0.625. The molecule has 94 valence electrons. The molecule has 0 aliphatic carbocycles. The van der Waals surface area contributed by atoms with Gasteiger partial charge < -0.3 is 0 Å². The largest absolute Gasteiger partial charge is 0.273 e. The molecule has 3 nitrogen and oxygen atoms in total. The molecule has 1 rings (SSSR count). The third kappa shape index (κ3) is 5.50. The first kappa shape index (κ1) is 13.5. The minimum Gasteiger partial charge on any atom is -0.273 e. The van der Waals surface area contributed by atoms with Crippen LogP contribution in [-0.2, 0) is 9.63 Å². The Morgan fingerprint density at radius 2 is 1.88 bits per heavy atom. The first-order chi connectivity index (χ1) is 7.84. The van der Waals surface area contributed by atoms with E-state index in [0.717, 1.165) is 25.8 Å². The van der Waals surface area contributed by atoms with Crippen LogP contribution in [-0.4, -0.2) is 24.1 Å². The van der Waals surface area contributed by atoms with Gasteiger partial charge in [0.1, 0.15) is 0 Å². The Morgan fingerprint density at radius 3 is 2.56 bits per heavy atom. The third-order valence-corrected chi connectivity index (χ3v) is 3.03. The molecular formula is C13H25NO2. The Balaban J connectivity index is 1.97. The lowest BCUT2D eigenvalue weighted by Crippen LogP contribution is -2.35. The summed E-state index contributed by atoms with van der Waals surface area (Å²) < 4.78 is 0. The van der Waals surface area contributed by atoms with Crippen LogP contribution in [0.1, 0.15) is 64.7 Å². The second-order valence-corrected chi connectivity index (χ2v) is 4.55. The minimum atomic E-state index is 0.176. The first-order valence-corrected chi connectivity index (χ1v) is 6.78. The van der Waals surface area contributed by atoms with Crippen LogP contribution in [0.3, 0.4) is 0 Å². The highest BCUT2D eigenvalue weighted by Gasteiger charge is 2.16. The predicted octanol–water partition coefficient (Wildman–Crippen LogP) is 3.29. The Hall–Kier alpha value is -0.570. The van der Waals surface area contributed by atoms with Crippen LogP contribution >= 0.6 is 0 Å². The van der Waals surface area contributed by atoms with Crippen molar-refractivity contribution in [1.29, 1.82) is 0 Å². The fourth-order valence-corrected chi connectivity index (χ4v) is 1.97. The van der Waals surface area contributed by atoms with E-state index in [2.05, 4.69) is 6.92 Å². The van der Waals surface area contributed by atoms with Gasteiger partial charge in [0, 0.05) is 13.0 Å². The summed E-state index contributed by atoms with van der Waals surface area (Å²) in [7, 11) is 0. The van der Waals surface area contributed by atoms with E-state index in [1.54, 1.807) is 5.06 Å². The van der Waals surface area contributed by atoms with Gasteiger partial charge in [0.05, 0.1) is 6.61 Å². The van der Waals surface area contributed by atoms with Crippen LogP contribution in [0.2, 0.25) is 0 Å². The highest BCUT2D eigenvalue weighted by molar-refractivity contribution is 5.75. The molecule has 1 amide bonds. The van der Waals surface area contributed by atoms with Crippen LogP contribution in [0.5, 0.6) is 0 Å². The van der Waals surface area contributed by atoms with E-state index in [1.165, 1.54) is 32.1 Å². The maximum absolute atomic E-state index is 11.7. The van der Waals surface area contributed by atoms with Crippen molar-refractivity contribution < 1.29 is 9.63 Å². The maximum Gasteiger partial charge on any atom is 0.246 e. The average Bonchev–Trinajstić information content (AvgIpc) is 2.34. The normalized spacial score (nSPS) is 16.4. The fourth-order valence-electron chi connectivity index (χ4n) is 1.97. The Labute approximate surface area is 99.1 Å². The number of amides is 1. The summed E-state index contributed by atoms with van der Waals surface area (Å²) in [6.07, 6.45) is 10.2. The van der Waals surface area contributed by atoms with E-state index in [9.17, 15) is 4.79 Å². The van der Waals surface area contributed by atoms with Gasteiger partial charge >= 0.3 is 0 Å². The number of hydrogen-bond donors (Lipinski definition) is 0. The minimum absolute atomic E-state index is 0.176.